The first-order valence-corrected chi connectivity index (χ1v) is 8.71. The number of amides is 1. The molecule has 6 nitrogen and oxygen atoms in total. The predicted octanol–water partition coefficient (Wildman–Crippen LogP) is 1.24. The molecular formula is C19H21N3O3. The Kier molecular flexibility index (Phi) is 3.92. The number of nitrogens with one attached hydrogen (secondary N) is 1. The van der Waals surface area contributed by atoms with E-state index in [1.807, 2.05) is 30.3 Å². The van der Waals surface area contributed by atoms with Crippen molar-refractivity contribution in [2.45, 2.75) is 31.1 Å². The van der Waals surface area contributed by atoms with E-state index >= 15 is 0 Å². The van der Waals surface area contributed by atoms with Gasteiger partial charge in [-0.05, 0) is 25.7 Å². The predicted molar refractivity (Wildman–Crippen MR) is 93.2 cm³/mol. The summed E-state index contributed by atoms with van der Waals surface area (Å²) >= 11 is 0. The second-order valence-corrected chi connectivity index (χ2v) is 6.93. The van der Waals surface area contributed by atoms with E-state index in [9.17, 15) is 9.59 Å². The molecule has 1 aromatic carbocycles. The molecule has 2 aromatic rings. The van der Waals surface area contributed by atoms with E-state index in [-0.39, 0.29) is 16.9 Å². The number of likely N-dealkylation sites (tertiary alicyclic amines) is 1. The second kappa shape index (κ2) is 6.11. The molecule has 2 heterocycles. The van der Waals surface area contributed by atoms with Gasteiger partial charge >= 0.3 is 0 Å². The molecule has 1 aliphatic heterocycles. The minimum Gasteiger partial charge on any atom is -0.387 e. The van der Waals surface area contributed by atoms with Crippen LogP contribution in [0, 0.1) is 0 Å². The summed E-state index contributed by atoms with van der Waals surface area (Å²) in [6.07, 6.45) is 3.21. The minimum atomic E-state index is -0.445. The lowest BCUT2D eigenvalue weighted by Crippen LogP contribution is -2.45. The molecule has 1 aromatic heterocycles. The van der Waals surface area contributed by atoms with Crippen LogP contribution in [0.5, 0.6) is 0 Å². The van der Waals surface area contributed by atoms with Gasteiger partial charge in [0.25, 0.3) is 5.56 Å². The van der Waals surface area contributed by atoms with Gasteiger partial charge in [0.2, 0.25) is 5.91 Å². The highest BCUT2D eigenvalue weighted by Gasteiger charge is 2.44. The van der Waals surface area contributed by atoms with Crippen LogP contribution < -0.4 is 5.56 Å². The summed E-state index contributed by atoms with van der Waals surface area (Å²) in [6.45, 7) is 0.766. The third-order valence-electron chi connectivity index (χ3n) is 5.63. The van der Waals surface area contributed by atoms with E-state index in [0.717, 1.165) is 42.5 Å². The molecule has 1 spiro atoms. The lowest BCUT2D eigenvalue weighted by Gasteiger charge is -2.39. The zero-order valence-corrected chi connectivity index (χ0v) is 14.0. The highest BCUT2D eigenvalue weighted by Crippen LogP contribution is 2.44. The average molecular weight is 339 g/mol. The van der Waals surface area contributed by atoms with Gasteiger partial charge in [-0.3, -0.25) is 9.59 Å². The first-order valence-electron chi connectivity index (χ1n) is 8.71. The summed E-state index contributed by atoms with van der Waals surface area (Å²) in [6, 6.07) is 9.67. The molecule has 1 fully saturated rings. The summed E-state index contributed by atoms with van der Waals surface area (Å²) in [5, 5.41) is 9.05. The Morgan fingerprint density at radius 2 is 1.92 bits per heavy atom. The van der Waals surface area contributed by atoms with Gasteiger partial charge in [-0.2, -0.15) is 0 Å². The lowest BCUT2D eigenvalue weighted by molar-refractivity contribution is -0.135. The number of fused-ring (bicyclic) bond motifs is 2. The third-order valence-corrected chi connectivity index (χ3v) is 5.63. The van der Waals surface area contributed by atoms with Crippen LogP contribution in [0.2, 0.25) is 0 Å². The molecule has 6 heteroatoms. The molecule has 1 amide bonds. The van der Waals surface area contributed by atoms with Crippen molar-refractivity contribution in [1.82, 2.24) is 14.9 Å². The number of hydrogen-bond donors (Lipinski definition) is 2. The maximum absolute atomic E-state index is 12.6. The largest absolute Gasteiger partial charge is 0.387 e. The number of aliphatic hydroxyl groups excluding tert-OH is 1. The van der Waals surface area contributed by atoms with Crippen LogP contribution in [-0.4, -0.2) is 45.6 Å². The Labute approximate surface area is 145 Å². The number of piperidine rings is 1. The second-order valence-electron chi connectivity index (χ2n) is 6.93. The highest BCUT2D eigenvalue weighted by molar-refractivity contribution is 5.77. The highest BCUT2D eigenvalue weighted by atomic mass is 16.3. The number of rotatable bonds is 2. The van der Waals surface area contributed by atoms with E-state index in [0.29, 0.717) is 18.9 Å². The summed E-state index contributed by atoms with van der Waals surface area (Å²) in [7, 11) is 0. The normalized spacial score (nSPS) is 18.4. The number of aromatic nitrogens is 2. The topological polar surface area (TPSA) is 86.3 Å². The van der Waals surface area contributed by atoms with Crippen LogP contribution in [-0.2, 0) is 16.6 Å². The van der Waals surface area contributed by atoms with Crippen molar-refractivity contribution in [3.63, 3.8) is 0 Å². The molecule has 130 valence electrons. The fraction of sp³-hybridized carbons (Fsp3) is 0.421. The number of benzene rings is 1. The molecular weight excluding hydrogens is 318 g/mol. The summed E-state index contributed by atoms with van der Waals surface area (Å²) in [5.41, 5.74) is 2.43. The van der Waals surface area contributed by atoms with Gasteiger partial charge in [0, 0.05) is 29.6 Å². The molecule has 2 aliphatic rings. The van der Waals surface area contributed by atoms with E-state index in [4.69, 9.17) is 10.1 Å². The Bertz CT molecular complexity index is 852. The van der Waals surface area contributed by atoms with E-state index in [1.165, 1.54) is 0 Å². The lowest BCUT2D eigenvalue weighted by atomic mass is 9.76. The number of carbonyl (C=O) groups excluding carboxylic acids is 1. The Hall–Kier alpha value is -2.47. The molecule has 0 saturated carbocycles. The van der Waals surface area contributed by atoms with E-state index < -0.39 is 6.61 Å². The maximum atomic E-state index is 12.6. The van der Waals surface area contributed by atoms with E-state index in [1.54, 1.807) is 4.90 Å². The van der Waals surface area contributed by atoms with Crippen LogP contribution in [0.15, 0.2) is 35.1 Å². The Morgan fingerprint density at radius 1 is 1.20 bits per heavy atom. The van der Waals surface area contributed by atoms with Crippen LogP contribution >= 0.6 is 0 Å². The molecule has 0 unspecified atom stereocenters. The minimum absolute atomic E-state index is 0.0467. The van der Waals surface area contributed by atoms with Crippen molar-refractivity contribution in [3.05, 3.63) is 51.9 Å². The van der Waals surface area contributed by atoms with Crippen LogP contribution in [0.3, 0.4) is 0 Å². The monoisotopic (exact) mass is 339 g/mol. The van der Waals surface area contributed by atoms with Gasteiger partial charge in [-0.25, -0.2) is 4.98 Å². The zero-order valence-electron chi connectivity index (χ0n) is 14.0. The van der Waals surface area contributed by atoms with Crippen molar-refractivity contribution >= 4 is 5.91 Å². The number of aliphatic hydroxyl groups is 1. The van der Waals surface area contributed by atoms with Crippen molar-refractivity contribution in [2.75, 3.05) is 19.7 Å². The standard InChI is InChI=1S/C19H21N3O3/c23-12-15(24)22-10-8-19(9-11-22)7-6-14-16(19)20-17(21-18(14)25)13-4-2-1-3-5-13/h1-5,23H,6-12H2,(H,20,21,25). The number of hydrogen-bond acceptors (Lipinski definition) is 4. The van der Waals surface area contributed by atoms with Gasteiger partial charge in [0.05, 0.1) is 5.69 Å². The van der Waals surface area contributed by atoms with Crippen molar-refractivity contribution < 1.29 is 9.90 Å². The summed E-state index contributed by atoms with van der Waals surface area (Å²) in [5.74, 6) is 0.386. The first-order chi connectivity index (χ1) is 12.1. The molecule has 0 bridgehead atoms. The van der Waals surface area contributed by atoms with Crippen molar-refractivity contribution in [1.29, 1.82) is 0 Å². The molecule has 1 saturated heterocycles. The maximum Gasteiger partial charge on any atom is 0.254 e. The SMILES string of the molecule is O=C(CO)N1CCC2(CCc3c2nc(-c2ccccc2)[nH]c3=O)CC1. The molecule has 25 heavy (non-hydrogen) atoms. The zero-order chi connectivity index (χ0) is 17.4. The Balaban J connectivity index is 1.70. The quantitative estimate of drug-likeness (QED) is 0.862. The first kappa shape index (κ1) is 16.0. The smallest absolute Gasteiger partial charge is 0.254 e. The average Bonchev–Trinajstić information content (AvgIpc) is 3.01. The van der Waals surface area contributed by atoms with Gasteiger partial charge in [-0.1, -0.05) is 30.3 Å². The summed E-state index contributed by atoms with van der Waals surface area (Å²) < 4.78 is 0. The van der Waals surface area contributed by atoms with Gasteiger partial charge < -0.3 is 15.0 Å². The number of carbonyl (C=O) groups is 1. The molecule has 1 aliphatic carbocycles. The van der Waals surface area contributed by atoms with Crippen LogP contribution in [0.25, 0.3) is 11.4 Å². The fourth-order valence-corrected chi connectivity index (χ4v) is 4.15. The van der Waals surface area contributed by atoms with Gasteiger partial charge in [-0.15, -0.1) is 0 Å². The number of aromatic amines is 1. The molecule has 0 atom stereocenters. The van der Waals surface area contributed by atoms with Crippen LogP contribution in [0.1, 0.15) is 30.5 Å². The molecule has 4 rings (SSSR count). The summed E-state index contributed by atoms with van der Waals surface area (Å²) in [4.78, 5) is 33.7. The molecule has 0 radical (unpaired) electrons. The van der Waals surface area contributed by atoms with Crippen molar-refractivity contribution in [3.8, 4) is 11.4 Å². The van der Waals surface area contributed by atoms with Crippen LogP contribution in [0.4, 0.5) is 0 Å². The fourth-order valence-electron chi connectivity index (χ4n) is 4.15. The third kappa shape index (κ3) is 2.66. The van der Waals surface area contributed by atoms with E-state index in [2.05, 4.69) is 4.98 Å². The van der Waals surface area contributed by atoms with Gasteiger partial charge in [0.1, 0.15) is 12.4 Å². The van der Waals surface area contributed by atoms with Gasteiger partial charge in [0.15, 0.2) is 0 Å². The number of nitrogens with zero attached hydrogens (tertiary/aromatic N) is 2. The molecule has 2 N–H and O–H groups in total. The number of H-pyrrole nitrogens is 1. The van der Waals surface area contributed by atoms with Crippen molar-refractivity contribution in [2.24, 2.45) is 0 Å². The Morgan fingerprint density at radius 3 is 2.60 bits per heavy atom.